The second-order valence-corrected chi connectivity index (χ2v) is 3.34. The van der Waals surface area contributed by atoms with Crippen LogP contribution in [-0.2, 0) is 4.79 Å². The van der Waals surface area contributed by atoms with Crippen LogP contribution < -0.4 is 5.32 Å². The van der Waals surface area contributed by atoms with Crippen LogP contribution in [0, 0.1) is 0 Å². The highest BCUT2D eigenvalue weighted by molar-refractivity contribution is 6.30. The number of halogens is 1. The van der Waals surface area contributed by atoms with E-state index in [1.54, 1.807) is 18.2 Å². The molecule has 0 saturated heterocycles. The molecule has 80 valence electrons. The first-order chi connectivity index (χ1) is 7.22. The zero-order valence-electron chi connectivity index (χ0n) is 8.11. The molecule has 1 amide bonds. The fourth-order valence-electron chi connectivity index (χ4n) is 0.984. The molecule has 0 saturated carbocycles. The Balaban J connectivity index is 2.50. The van der Waals surface area contributed by atoms with Gasteiger partial charge in [0, 0.05) is 17.6 Å². The fourth-order valence-corrected chi connectivity index (χ4v) is 1.11. The number of carbonyl (C=O) groups excluding carboxylic acids is 1. The highest BCUT2D eigenvalue weighted by Crippen LogP contribution is 2.10. The highest BCUT2D eigenvalue weighted by atomic mass is 35.5. The Morgan fingerprint density at radius 3 is 2.67 bits per heavy atom. The number of aliphatic hydroxyl groups is 1. The van der Waals surface area contributed by atoms with Gasteiger partial charge in [0.25, 0.3) is 0 Å². The molecule has 0 aliphatic rings. The summed E-state index contributed by atoms with van der Waals surface area (Å²) in [6.45, 7) is 0.213. The number of benzene rings is 1. The molecule has 0 bridgehead atoms. The van der Waals surface area contributed by atoms with Crippen LogP contribution in [-0.4, -0.2) is 24.2 Å². The standard InChI is InChI=1S/C11H12ClNO2/c12-10-4-1-9(2-5-10)3-6-11(15)13-7-8-14/h1-6,14H,7-8H2,(H,13,15)/b6-3+. The lowest BCUT2D eigenvalue weighted by Crippen LogP contribution is -2.24. The van der Waals surface area contributed by atoms with E-state index in [-0.39, 0.29) is 19.1 Å². The molecule has 0 spiro atoms. The molecule has 0 radical (unpaired) electrons. The molecule has 0 heterocycles. The average molecular weight is 226 g/mol. The minimum Gasteiger partial charge on any atom is -0.395 e. The van der Waals surface area contributed by atoms with Crippen LogP contribution in [0.25, 0.3) is 6.08 Å². The van der Waals surface area contributed by atoms with Crippen molar-refractivity contribution in [1.82, 2.24) is 5.32 Å². The van der Waals surface area contributed by atoms with Gasteiger partial charge >= 0.3 is 0 Å². The monoisotopic (exact) mass is 225 g/mol. The second kappa shape index (κ2) is 6.22. The van der Waals surface area contributed by atoms with Crippen molar-refractivity contribution >= 4 is 23.6 Å². The van der Waals surface area contributed by atoms with Crippen molar-refractivity contribution in [3.05, 3.63) is 40.9 Å². The minimum absolute atomic E-state index is 0.0550. The van der Waals surface area contributed by atoms with Crippen molar-refractivity contribution in [3.8, 4) is 0 Å². The van der Waals surface area contributed by atoms with E-state index in [0.717, 1.165) is 5.56 Å². The molecular weight excluding hydrogens is 214 g/mol. The van der Waals surface area contributed by atoms with Gasteiger partial charge < -0.3 is 10.4 Å². The normalized spacial score (nSPS) is 10.5. The Morgan fingerprint density at radius 1 is 1.40 bits per heavy atom. The molecule has 1 aromatic rings. The lowest BCUT2D eigenvalue weighted by atomic mass is 10.2. The number of hydrogen-bond donors (Lipinski definition) is 2. The molecule has 15 heavy (non-hydrogen) atoms. The van der Waals surface area contributed by atoms with Gasteiger partial charge in [0.05, 0.1) is 6.61 Å². The number of rotatable bonds is 4. The van der Waals surface area contributed by atoms with E-state index in [1.807, 2.05) is 12.1 Å². The lowest BCUT2D eigenvalue weighted by molar-refractivity contribution is -0.116. The van der Waals surface area contributed by atoms with Gasteiger partial charge in [-0.25, -0.2) is 0 Å². The second-order valence-electron chi connectivity index (χ2n) is 2.90. The zero-order chi connectivity index (χ0) is 11.1. The summed E-state index contributed by atoms with van der Waals surface area (Å²) < 4.78 is 0. The van der Waals surface area contributed by atoms with Crippen molar-refractivity contribution in [2.75, 3.05) is 13.2 Å². The molecule has 4 heteroatoms. The smallest absolute Gasteiger partial charge is 0.244 e. The Bertz CT molecular complexity index is 346. The molecular formula is C11H12ClNO2. The first-order valence-electron chi connectivity index (χ1n) is 4.54. The Kier molecular flexibility index (Phi) is 4.87. The van der Waals surface area contributed by atoms with E-state index in [0.29, 0.717) is 5.02 Å². The van der Waals surface area contributed by atoms with Crippen LogP contribution in [0.3, 0.4) is 0 Å². The minimum atomic E-state index is -0.223. The van der Waals surface area contributed by atoms with Gasteiger partial charge in [-0.2, -0.15) is 0 Å². The van der Waals surface area contributed by atoms with E-state index < -0.39 is 0 Å². The predicted octanol–water partition coefficient (Wildman–Crippen LogP) is 1.46. The highest BCUT2D eigenvalue weighted by Gasteiger charge is 1.93. The van der Waals surface area contributed by atoms with E-state index in [1.165, 1.54) is 6.08 Å². The number of amides is 1. The van der Waals surface area contributed by atoms with Crippen LogP contribution in [0.4, 0.5) is 0 Å². The number of hydrogen-bond acceptors (Lipinski definition) is 2. The average Bonchev–Trinajstić information content (AvgIpc) is 2.25. The molecule has 0 fully saturated rings. The molecule has 0 atom stereocenters. The molecule has 0 aromatic heterocycles. The molecule has 1 aromatic carbocycles. The largest absolute Gasteiger partial charge is 0.395 e. The van der Waals surface area contributed by atoms with Crippen LogP contribution >= 0.6 is 11.6 Å². The number of aliphatic hydroxyl groups excluding tert-OH is 1. The zero-order valence-corrected chi connectivity index (χ0v) is 8.87. The summed E-state index contributed by atoms with van der Waals surface area (Å²) >= 11 is 5.71. The first-order valence-corrected chi connectivity index (χ1v) is 4.92. The fraction of sp³-hybridized carbons (Fsp3) is 0.182. The molecule has 3 nitrogen and oxygen atoms in total. The van der Waals surface area contributed by atoms with Crippen molar-refractivity contribution < 1.29 is 9.90 Å². The first kappa shape index (κ1) is 11.8. The summed E-state index contributed by atoms with van der Waals surface area (Å²) in [5.41, 5.74) is 0.901. The molecule has 0 aliphatic carbocycles. The SMILES string of the molecule is O=C(/C=C/c1ccc(Cl)cc1)NCCO. The summed E-state index contributed by atoms with van der Waals surface area (Å²) in [5.74, 6) is -0.223. The summed E-state index contributed by atoms with van der Waals surface area (Å²) in [6.07, 6.45) is 3.10. The van der Waals surface area contributed by atoms with Crippen molar-refractivity contribution in [2.24, 2.45) is 0 Å². The summed E-state index contributed by atoms with van der Waals surface area (Å²) in [7, 11) is 0. The Morgan fingerprint density at radius 2 is 2.07 bits per heavy atom. The van der Waals surface area contributed by atoms with E-state index >= 15 is 0 Å². The molecule has 0 unspecified atom stereocenters. The Labute approximate surface area is 93.4 Å². The van der Waals surface area contributed by atoms with Crippen LogP contribution in [0.5, 0.6) is 0 Å². The number of carbonyl (C=O) groups is 1. The van der Waals surface area contributed by atoms with Gasteiger partial charge in [-0.1, -0.05) is 23.7 Å². The van der Waals surface area contributed by atoms with Gasteiger partial charge in [0.15, 0.2) is 0 Å². The van der Waals surface area contributed by atoms with Gasteiger partial charge in [-0.3, -0.25) is 4.79 Å². The quantitative estimate of drug-likeness (QED) is 0.763. The van der Waals surface area contributed by atoms with Crippen molar-refractivity contribution in [3.63, 3.8) is 0 Å². The Hall–Kier alpha value is -1.32. The van der Waals surface area contributed by atoms with Crippen LogP contribution in [0.1, 0.15) is 5.56 Å². The maximum Gasteiger partial charge on any atom is 0.244 e. The maximum atomic E-state index is 11.1. The summed E-state index contributed by atoms with van der Waals surface area (Å²) in [4.78, 5) is 11.1. The summed E-state index contributed by atoms with van der Waals surface area (Å²) in [5, 5.41) is 11.7. The summed E-state index contributed by atoms with van der Waals surface area (Å²) in [6, 6.07) is 7.15. The van der Waals surface area contributed by atoms with Gasteiger partial charge in [0.2, 0.25) is 5.91 Å². The predicted molar refractivity (Wildman–Crippen MR) is 60.6 cm³/mol. The third kappa shape index (κ3) is 4.63. The lowest BCUT2D eigenvalue weighted by Gasteiger charge is -1.97. The van der Waals surface area contributed by atoms with E-state index in [4.69, 9.17) is 16.7 Å². The molecule has 1 rings (SSSR count). The van der Waals surface area contributed by atoms with E-state index in [9.17, 15) is 4.79 Å². The van der Waals surface area contributed by atoms with Crippen LogP contribution in [0.2, 0.25) is 5.02 Å². The molecule has 2 N–H and O–H groups in total. The maximum absolute atomic E-state index is 11.1. The topological polar surface area (TPSA) is 49.3 Å². The van der Waals surface area contributed by atoms with Crippen LogP contribution in [0.15, 0.2) is 30.3 Å². The van der Waals surface area contributed by atoms with Gasteiger partial charge in [0.1, 0.15) is 0 Å². The number of nitrogens with one attached hydrogen (secondary N) is 1. The third-order valence-electron chi connectivity index (χ3n) is 1.71. The van der Waals surface area contributed by atoms with Gasteiger partial charge in [-0.05, 0) is 23.8 Å². The van der Waals surface area contributed by atoms with Gasteiger partial charge in [-0.15, -0.1) is 0 Å². The van der Waals surface area contributed by atoms with E-state index in [2.05, 4.69) is 5.32 Å². The molecule has 0 aliphatic heterocycles. The van der Waals surface area contributed by atoms with Crippen molar-refractivity contribution in [2.45, 2.75) is 0 Å². The van der Waals surface area contributed by atoms with Crippen molar-refractivity contribution in [1.29, 1.82) is 0 Å². The third-order valence-corrected chi connectivity index (χ3v) is 1.96.